The first-order valence-corrected chi connectivity index (χ1v) is 8.93. The third-order valence-corrected chi connectivity index (χ3v) is 5.47. The van der Waals surface area contributed by atoms with Crippen molar-refractivity contribution >= 4 is 33.5 Å². The molecule has 0 spiro atoms. The minimum atomic E-state index is -0.491. The molecule has 1 saturated carbocycles. The van der Waals surface area contributed by atoms with Gasteiger partial charge in [-0.15, -0.1) is 0 Å². The number of nitrogens with zero attached hydrogens (tertiary/aromatic N) is 3. The van der Waals surface area contributed by atoms with Crippen LogP contribution in [0.1, 0.15) is 32.3 Å². The molecule has 0 atom stereocenters. The molecule has 2 aliphatic rings. The highest BCUT2D eigenvalue weighted by Gasteiger charge is 2.50. The molecule has 1 aliphatic carbocycles. The van der Waals surface area contributed by atoms with Crippen molar-refractivity contribution in [2.75, 3.05) is 10.2 Å². The van der Waals surface area contributed by atoms with Gasteiger partial charge in [0, 0.05) is 34.5 Å². The van der Waals surface area contributed by atoms with Crippen molar-refractivity contribution in [3.8, 4) is 0 Å². The quantitative estimate of drug-likeness (QED) is 0.876. The highest BCUT2D eigenvalue weighted by Crippen LogP contribution is 2.44. The number of halogens is 1. The molecule has 2 aromatic heterocycles. The van der Waals surface area contributed by atoms with Crippen molar-refractivity contribution in [1.82, 2.24) is 9.97 Å². The Bertz CT molecular complexity index is 784. The van der Waals surface area contributed by atoms with Crippen molar-refractivity contribution in [2.45, 2.75) is 44.2 Å². The Labute approximate surface area is 149 Å². The summed E-state index contributed by atoms with van der Waals surface area (Å²) >= 11 is 3.39. The fourth-order valence-corrected chi connectivity index (χ4v) is 3.75. The van der Waals surface area contributed by atoms with Crippen LogP contribution in [0.5, 0.6) is 0 Å². The van der Waals surface area contributed by atoms with Gasteiger partial charge in [-0.3, -0.25) is 9.69 Å². The van der Waals surface area contributed by atoms with Gasteiger partial charge in [0.05, 0.1) is 5.41 Å². The lowest BCUT2D eigenvalue weighted by Crippen LogP contribution is -2.53. The van der Waals surface area contributed by atoms with E-state index in [2.05, 4.69) is 31.2 Å². The van der Waals surface area contributed by atoms with E-state index in [1.165, 1.54) is 0 Å². The highest BCUT2D eigenvalue weighted by molar-refractivity contribution is 9.10. The number of hydrogen-bond donors (Lipinski definition) is 1. The number of hydrogen-bond acceptors (Lipinski definition) is 4. The van der Waals surface area contributed by atoms with E-state index in [9.17, 15) is 4.79 Å². The molecule has 1 fully saturated rings. The van der Waals surface area contributed by atoms with Crippen molar-refractivity contribution in [2.24, 2.45) is 0 Å². The lowest BCUT2D eigenvalue weighted by atomic mass is 9.84. The lowest BCUT2D eigenvalue weighted by Gasteiger charge is -2.41. The summed E-state index contributed by atoms with van der Waals surface area (Å²) < 4.78 is 0.965. The third kappa shape index (κ3) is 2.40. The Morgan fingerprint density at radius 3 is 2.75 bits per heavy atom. The second-order valence-electron chi connectivity index (χ2n) is 7.00. The predicted molar refractivity (Wildman–Crippen MR) is 97.1 cm³/mol. The second-order valence-corrected chi connectivity index (χ2v) is 7.92. The second kappa shape index (κ2) is 5.55. The topological polar surface area (TPSA) is 58.1 Å². The molecule has 124 valence electrons. The number of amides is 1. The van der Waals surface area contributed by atoms with E-state index in [0.717, 1.165) is 34.5 Å². The smallest absolute Gasteiger partial charge is 0.238 e. The van der Waals surface area contributed by atoms with E-state index < -0.39 is 5.41 Å². The molecule has 3 heterocycles. The Kier molecular flexibility index (Phi) is 3.60. The maximum atomic E-state index is 12.9. The van der Waals surface area contributed by atoms with Crippen LogP contribution in [0.3, 0.4) is 0 Å². The number of pyridine rings is 2. The summed E-state index contributed by atoms with van der Waals surface area (Å²) in [6.45, 7) is 3.96. The average Bonchev–Trinajstić information content (AvgIpc) is 2.73. The number of rotatable bonds is 3. The van der Waals surface area contributed by atoms with Gasteiger partial charge in [0.1, 0.15) is 11.6 Å². The van der Waals surface area contributed by atoms with E-state index in [1.54, 1.807) is 12.4 Å². The third-order valence-electron chi connectivity index (χ3n) is 5.00. The van der Waals surface area contributed by atoms with Crippen molar-refractivity contribution in [3.05, 3.63) is 46.7 Å². The number of fused-ring (bicyclic) bond motifs is 1. The van der Waals surface area contributed by atoms with E-state index in [1.807, 2.05) is 43.0 Å². The van der Waals surface area contributed by atoms with E-state index in [0.29, 0.717) is 6.04 Å². The Morgan fingerprint density at radius 1 is 1.25 bits per heavy atom. The molecule has 1 amide bonds. The average molecular weight is 387 g/mol. The first kappa shape index (κ1) is 15.6. The van der Waals surface area contributed by atoms with E-state index in [4.69, 9.17) is 0 Å². The molecule has 0 saturated heterocycles. The van der Waals surface area contributed by atoms with Crippen molar-refractivity contribution < 1.29 is 4.79 Å². The summed E-state index contributed by atoms with van der Waals surface area (Å²) in [5.74, 6) is 1.85. The SMILES string of the molecule is CC1(C)C(=O)N([C@H]2C[C@H](Nc3ccc(Br)cn3)C2)c2ncccc21. The van der Waals surface area contributed by atoms with Crippen molar-refractivity contribution in [3.63, 3.8) is 0 Å². The van der Waals surface area contributed by atoms with E-state index >= 15 is 0 Å². The molecule has 1 aliphatic heterocycles. The minimum Gasteiger partial charge on any atom is -0.367 e. The highest BCUT2D eigenvalue weighted by atomic mass is 79.9. The first-order chi connectivity index (χ1) is 11.5. The summed E-state index contributed by atoms with van der Waals surface area (Å²) in [5, 5.41) is 3.43. The standard InChI is InChI=1S/C18H19BrN4O/c1-18(2)14-4-3-7-20-16(14)23(17(18)24)13-8-12(9-13)22-15-6-5-11(19)10-21-15/h3-7,10,12-13H,8-9H2,1-2H3,(H,21,22)/t12-,13-. The lowest BCUT2D eigenvalue weighted by molar-refractivity contribution is -0.122. The van der Waals surface area contributed by atoms with Gasteiger partial charge < -0.3 is 5.32 Å². The van der Waals surface area contributed by atoms with Crippen LogP contribution in [-0.2, 0) is 10.2 Å². The molecule has 4 rings (SSSR count). The molecular formula is C18H19BrN4O. The van der Waals surface area contributed by atoms with Crippen molar-refractivity contribution in [1.29, 1.82) is 0 Å². The van der Waals surface area contributed by atoms with Gasteiger partial charge in [0.25, 0.3) is 0 Å². The largest absolute Gasteiger partial charge is 0.367 e. The molecule has 2 aromatic rings. The minimum absolute atomic E-state index is 0.154. The molecule has 5 nitrogen and oxygen atoms in total. The summed E-state index contributed by atoms with van der Waals surface area (Å²) in [6, 6.07) is 8.40. The number of carbonyl (C=O) groups excluding carboxylic acids is 1. The Balaban J connectivity index is 1.47. The van der Waals surface area contributed by atoms with Gasteiger partial charge in [-0.2, -0.15) is 0 Å². The Hall–Kier alpha value is -1.95. The van der Waals surface area contributed by atoms with Crippen LogP contribution >= 0.6 is 15.9 Å². The summed E-state index contributed by atoms with van der Waals surface area (Å²) in [6.07, 6.45) is 5.37. The van der Waals surface area contributed by atoms with Crippen LogP contribution in [0.25, 0.3) is 0 Å². The zero-order chi connectivity index (χ0) is 16.9. The van der Waals surface area contributed by atoms with Gasteiger partial charge in [0.15, 0.2) is 0 Å². The summed E-state index contributed by atoms with van der Waals surface area (Å²) in [7, 11) is 0. The fourth-order valence-electron chi connectivity index (χ4n) is 3.51. The van der Waals surface area contributed by atoms with Crippen LogP contribution in [0.4, 0.5) is 11.6 Å². The van der Waals surface area contributed by atoms with Gasteiger partial charge in [-0.25, -0.2) is 9.97 Å². The number of carbonyl (C=O) groups is 1. The van der Waals surface area contributed by atoms with Gasteiger partial charge >= 0.3 is 0 Å². The fraction of sp³-hybridized carbons (Fsp3) is 0.389. The molecule has 24 heavy (non-hydrogen) atoms. The maximum absolute atomic E-state index is 12.9. The molecule has 0 radical (unpaired) electrons. The zero-order valence-corrected chi connectivity index (χ0v) is 15.2. The molecule has 6 heteroatoms. The number of anilines is 2. The van der Waals surface area contributed by atoms with Crippen LogP contribution in [0, 0.1) is 0 Å². The first-order valence-electron chi connectivity index (χ1n) is 8.14. The normalized spacial score (nSPS) is 24.5. The molecule has 0 aromatic carbocycles. The van der Waals surface area contributed by atoms with Crippen LogP contribution in [0.2, 0.25) is 0 Å². The maximum Gasteiger partial charge on any atom is 0.238 e. The van der Waals surface area contributed by atoms with Crippen LogP contribution < -0.4 is 10.2 Å². The monoisotopic (exact) mass is 386 g/mol. The van der Waals surface area contributed by atoms with Gasteiger partial charge in [-0.1, -0.05) is 6.07 Å². The molecule has 0 unspecified atom stereocenters. The van der Waals surface area contributed by atoms with Gasteiger partial charge in [0.2, 0.25) is 5.91 Å². The van der Waals surface area contributed by atoms with Gasteiger partial charge in [-0.05, 0) is 60.8 Å². The Morgan fingerprint density at radius 2 is 2.04 bits per heavy atom. The molecule has 0 bridgehead atoms. The number of aromatic nitrogens is 2. The number of nitrogens with one attached hydrogen (secondary N) is 1. The van der Waals surface area contributed by atoms with E-state index in [-0.39, 0.29) is 11.9 Å². The van der Waals surface area contributed by atoms with Crippen LogP contribution in [0.15, 0.2) is 41.1 Å². The zero-order valence-electron chi connectivity index (χ0n) is 13.7. The summed E-state index contributed by atoms with van der Waals surface area (Å²) in [4.78, 5) is 23.6. The summed E-state index contributed by atoms with van der Waals surface area (Å²) in [5.41, 5.74) is 0.538. The molecule has 1 N–H and O–H groups in total. The predicted octanol–water partition coefficient (Wildman–Crippen LogP) is 3.51. The molecular weight excluding hydrogens is 368 g/mol. The van der Waals surface area contributed by atoms with Crippen LogP contribution in [-0.4, -0.2) is 28.0 Å².